The smallest absolute Gasteiger partial charge is 0.308 e. The number of carbonyl (C=O) groups is 1. The van der Waals surface area contributed by atoms with Crippen molar-refractivity contribution < 1.29 is 9.53 Å². The number of aryl methyl sites for hydroxylation is 2. The fraction of sp³-hybridized carbons (Fsp3) is 0.367. The molecule has 0 spiro atoms. The van der Waals surface area contributed by atoms with Crippen molar-refractivity contribution in [3.05, 3.63) is 107 Å². The fourth-order valence-electron chi connectivity index (χ4n) is 4.51. The van der Waals surface area contributed by atoms with Gasteiger partial charge >= 0.3 is 5.97 Å². The first kappa shape index (κ1) is 24.7. The highest BCUT2D eigenvalue weighted by Gasteiger charge is 2.32. The van der Waals surface area contributed by atoms with Crippen LogP contribution in [0.3, 0.4) is 0 Å². The molecule has 3 aromatic rings. The van der Waals surface area contributed by atoms with Gasteiger partial charge in [-0.2, -0.15) is 0 Å². The van der Waals surface area contributed by atoms with Crippen LogP contribution in [0.5, 0.6) is 0 Å². The molecule has 0 unspecified atom stereocenters. The Labute approximate surface area is 199 Å². The highest BCUT2D eigenvalue weighted by Crippen LogP contribution is 2.38. The number of hydrogen-bond donors (Lipinski definition) is 0. The third-order valence-corrected chi connectivity index (χ3v) is 6.04. The number of benzene rings is 3. The van der Waals surface area contributed by atoms with E-state index in [2.05, 4.69) is 92.4 Å². The van der Waals surface area contributed by atoms with Crippen LogP contribution in [0.15, 0.2) is 78.9 Å². The Bertz CT molecular complexity index is 1020. The molecule has 33 heavy (non-hydrogen) atoms. The predicted molar refractivity (Wildman–Crippen MR) is 136 cm³/mol. The number of rotatable bonds is 8. The monoisotopic (exact) mass is 443 g/mol. The van der Waals surface area contributed by atoms with E-state index < -0.39 is 5.60 Å². The van der Waals surface area contributed by atoms with Crippen LogP contribution >= 0.6 is 0 Å². The molecule has 0 aliphatic carbocycles. The van der Waals surface area contributed by atoms with E-state index >= 15 is 0 Å². The van der Waals surface area contributed by atoms with Crippen LogP contribution in [0.25, 0.3) is 0 Å². The van der Waals surface area contributed by atoms with E-state index in [9.17, 15) is 4.79 Å². The molecule has 0 aliphatic heterocycles. The quantitative estimate of drug-likeness (QED) is 0.341. The summed E-state index contributed by atoms with van der Waals surface area (Å²) in [4.78, 5) is 15.6. The molecule has 3 heteroatoms. The van der Waals surface area contributed by atoms with Gasteiger partial charge in [0.2, 0.25) is 0 Å². The van der Waals surface area contributed by atoms with Crippen LogP contribution in [0, 0.1) is 13.8 Å². The Balaban J connectivity index is 2.10. The van der Waals surface area contributed by atoms with Crippen LogP contribution in [0.2, 0.25) is 0 Å². The second kappa shape index (κ2) is 10.8. The lowest BCUT2D eigenvalue weighted by atomic mass is 9.90. The molecule has 0 radical (unpaired) electrons. The Morgan fingerprint density at radius 2 is 1.39 bits per heavy atom. The van der Waals surface area contributed by atoms with Gasteiger partial charge in [0.15, 0.2) is 0 Å². The van der Waals surface area contributed by atoms with Gasteiger partial charge < -0.3 is 4.74 Å². The molecule has 0 N–H and O–H groups in total. The second-order valence-electron chi connectivity index (χ2n) is 9.86. The molecule has 3 aromatic carbocycles. The van der Waals surface area contributed by atoms with Gasteiger partial charge in [0, 0.05) is 18.6 Å². The number of ether oxygens (including phenoxy) is 1. The number of hydrogen-bond acceptors (Lipinski definition) is 3. The van der Waals surface area contributed by atoms with Crippen molar-refractivity contribution in [2.24, 2.45) is 0 Å². The minimum Gasteiger partial charge on any atom is -0.460 e. The summed E-state index contributed by atoms with van der Waals surface area (Å²) >= 11 is 0. The highest BCUT2D eigenvalue weighted by atomic mass is 16.6. The lowest BCUT2D eigenvalue weighted by Crippen LogP contribution is -2.35. The van der Waals surface area contributed by atoms with Gasteiger partial charge in [0.1, 0.15) is 5.60 Å². The van der Waals surface area contributed by atoms with Crippen LogP contribution < -0.4 is 0 Å². The summed E-state index contributed by atoms with van der Waals surface area (Å²) in [5.74, 6) is -0.173. The van der Waals surface area contributed by atoms with E-state index in [4.69, 9.17) is 4.74 Å². The lowest BCUT2D eigenvalue weighted by Gasteiger charge is -2.38. The molecule has 0 bridgehead atoms. The van der Waals surface area contributed by atoms with Crippen LogP contribution in [0.4, 0.5) is 0 Å². The van der Waals surface area contributed by atoms with Gasteiger partial charge in [-0.3, -0.25) is 9.69 Å². The Kier molecular flexibility index (Phi) is 8.10. The fourth-order valence-corrected chi connectivity index (χ4v) is 4.51. The first-order chi connectivity index (χ1) is 15.7. The molecule has 0 fully saturated rings. The van der Waals surface area contributed by atoms with Gasteiger partial charge in [0.05, 0.1) is 6.42 Å². The summed E-state index contributed by atoms with van der Waals surface area (Å²) in [6.45, 7) is 13.0. The Hall–Kier alpha value is -2.91. The van der Waals surface area contributed by atoms with E-state index in [0.717, 1.165) is 6.54 Å². The van der Waals surface area contributed by atoms with E-state index in [1.54, 1.807) is 0 Å². The lowest BCUT2D eigenvalue weighted by molar-refractivity contribution is -0.156. The topological polar surface area (TPSA) is 29.5 Å². The second-order valence-corrected chi connectivity index (χ2v) is 9.86. The molecule has 174 valence electrons. The summed E-state index contributed by atoms with van der Waals surface area (Å²) < 4.78 is 5.79. The number of carbonyl (C=O) groups excluding carboxylic acids is 1. The molecule has 0 aromatic heterocycles. The van der Waals surface area contributed by atoms with Crippen molar-refractivity contribution in [2.45, 2.75) is 72.2 Å². The average molecular weight is 444 g/mol. The maximum atomic E-state index is 13.1. The van der Waals surface area contributed by atoms with Crippen molar-refractivity contribution in [3.63, 3.8) is 0 Å². The predicted octanol–water partition coefficient (Wildman–Crippen LogP) is 7.34. The molecule has 0 aliphatic rings. The zero-order valence-corrected chi connectivity index (χ0v) is 20.8. The van der Waals surface area contributed by atoms with Crippen molar-refractivity contribution in [2.75, 3.05) is 0 Å². The molecule has 2 atom stereocenters. The Morgan fingerprint density at radius 1 is 0.848 bits per heavy atom. The molecule has 0 amide bonds. The zero-order valence-electron chi connectivity index (χ0n) is 20.8. The summed E-state index contributed by atoms with van der Waals surface area (Å²) in [7, 11) is 0. The summed E-state index contributed by atoms with van der Waals surface area (Å²) in [5.41, 5.74) is 5.54. The van der Waals surface area contributed by atoms with Crippen LogP contribution in [0.1, 0.15) is 74.0 Å². The van der Waals surface area contributed by atoms with Gasteiger partial charge in [-0.05, 0) is 69.4 Å². The van der Waals surface area contributed by atoms with Gasteiger partial charge in [-0.15, -0.1) is 0 Å². The van der Waals surface area contributed by atoms with Crippen molar-refractivity contribution in [1.82, 2.24) is 4.90 Å². The van der Waals surface area contributed by atoms with E-state index in [1.165, 1.54) is 27.8 Å². The zero-order chi connectivity index (χ0) is 24.0. The third-order valence-electron chi connectivity index (χ3n) is 6.04. The van der Waals surface area contributed by atoms with Crippen molar-refractivity contribution in [1.29, 1.82) is 0 Å². The number of esters is 1. The highest BCUT2D eigenvalue weighted by molar-refractivity contribution is 5.71. The van der Waals surface area contributed by atoms with E-state index in [-0.39, 0.29) is 18.1 Å². The minimum atomic E-state index is -0.516. The molecule has 3 rings (SSSR count). The van der Waals surface area contributed by atoms with Crippen LogP contribution in [-0.4, -0.2) is 16.5 Å². The third kappa shape index (κ3) is 6.79. The summed E-state index contributed by atoms with van der Waals surface area (Å²) in [6.07, 6.45) is 0.299. The molecule has 0 saturated carbocycles. The maximum Gasteiger partial charge on any atom is 0.308 e. The standard InChI is InChI=1S/C30H37NO2/c1-22-14-13-15-23(2)29(22)27(20-28(32)33-30(4,5)6)31(21-25-16-9-7-10-17-25)24(3)26-18-11-8-12-19-26/h7-19,24,27H,20-21H2,1-6H3/t24-,27+/m1/s1. The molecular weight excluding hydrogens is 406 g/mol. The molecule has 0 heterocycles. The summed E-state index contributed by atoms with van der Waals surface area (Å²) in [6, 6.07) is 27.4. The molecule has 0 saturated heterocycles. The van der Waals surface area contributed by atoms with Crippen molar-refractivity contribution >= 4 is 5.97 Å². The van der Waals surface area contributed by atoms with Gasteiger partial charge in [-0.1, -0.05) is 78.9 Å². The minimum absolute atomic E-state index is 0.109. The van der Waals surface area contributed by atoms with Gasteiger partial charge in [0.25, 0.3) is 0 Å². The SMILES string of the molecule is Cc1cccc(C)c1[C@H](CC(=O)OC(C)(C)C)N(Cc1ccccc1)[C@H](C)c1ccccc1. The number of nitrogens with zero attached hydrogens (tertiary/aromatic N) is 1. The summed E-state index contributed by atoms with van der Waals surface area (Å²) in [5, 5.41) is 0. The van der Waals surface area contributed by atoms with Crippen molar-refractivity contribution in [3.8, 4) is 0 Å². The maximum absolute atomic E-state index is 13.1. The van der Waals surface area contributed by atoms with Crippen LogP contribution in [-0.2, 0) is 16.1 Å². The Morgan fingerprint density at radius 3 is 1.94 bits per heavy atom. The normalized spacial score (nSPS) is 13.5. The average Bonchev–Trinajstić information content (AvgIpc) is 2.76. The van der Waals surface area contributed by atoms with Gasteiger partial charge in [-0.25, -0.2) is 0 Å². The largest absolute Gasteiger partial charge is 0.460 e. The first-order valence-corrected chi connectivity index (χ1v) is 11.8. The van der Waals surface area contributed by atoms with E-state index in [0.29, 0.717) is 6.42 Å². The molecule has 3 nitrogen and oxygen atoms in total. The van der Waals surface area contributed by atoms with E-state index in [1.807, 2.05) is 32.9 Å². The first-order valence-electron chi connectivity index (χ1n) is 11.8. The molecular formula is C30H37NO2.